The van der Waals surface area contributed by atoms with Crippen LogP contribution in [0.2, 0.25) is 0 Å². The number of nitrogens with one attached hydrogen (secondary N) is 2. The van der Waals surface area contributed by atoms with Crippen LogP contribution in [0, 0.1) is 5.41 Å². The van der Waals surface area contributed by atoms with Gasteiger partial charge in [0, 0.05) is 0 Å². The van der Waals surface area contributed by atoms with Crippen LogP contribution in [0.4, 0.5) is 4.79 Å². The molecule has 0 radical (unpaired) electrons. The molecule has 2 amide bonds. The molecule has 7 heteroatoms. The van der Waals surface area contributed by atoms with Crippen LogP contribution >= 0.6 is 0 Å². The maximum atomic E-state index is 11.5. The molecule has 0 saturated carbocycles. The van der Waals surface area contributed by atoms with Crippen molar-refractivity contribution in [2.75, 3.05) is 13.7 Å². The van der Waals surface area contributed by atoms with E-state index < -0.39 is 28.9 Å². The Labute approximate surface area is 106 Å². The second kappa shape index (κ2) is 5.70. The van der Waals surface area contributed by atoms with E-state index in [1.807, 2.05) is 0 Å². The minimum Gasteiger partial charge on any atom is -0.481 e. The number of hydrogen-bond donors (Lipinski definition) is 3. The van der Waals surface area contributed by atoms with Crippen LogP contribution in [0.1, 0.15) is 27.7 Å². The van der Waals surface area contributed by atoms with Gasteiger partial charge in [-0.15, -0.1) is 0 Å². The standard InChI is InChI=1S/C11H20N2O5/c1-10(2,8(15)16)11(3,4)13-9(17)12-6-7(14)18-5/h6H2,1-5H3,(H,15,16)(H2,12,13,17). The first kappa shape index (κ1) is 16.2. The number of carboxylic acid groups (broad SMARTS) is 1. The fraction of sp³-hybridized carbons (Fsp3) is 0.727. The Bertz CT molecular complexity index is 349. The van der Waals surface area contributed by atoms with Gasteiger partial charge in [0.15, 0.2) is 0 Å². The van der Waals surface area contributed by atoms with Crippen LogP contribution in [-0.2, 0) is 14.3 Å². The van der Waals surface area contributed by atoms with Gasteiger partial charge in [-0.05, 0) is 27.7 Å². The maximum Gasteiger partial charge on any atom is 0.325 e. The number of carboxylic acids is 1. The predicted molar refractivity (Wildman–Crippen MR) is 64.0 cm³/mol. The van der Waals surface area contributed by atoms with Crippen molar-refractivity contribution in [1.29, 1.82) is 0 Å². The Morgan fingerprint density at radius 1 is 1.17 bits per heavy atom. The van der Waals surface area contributed by atoms with Gasteiger partial charge in [0.05, 0.1) is 18.1 Å². The molecule has 0 aliphatic heterocycles. The van der Waals surface area contributed by atoms with Crippen molar-refractivity contribution < 1.29 is 24.2 Å². The first-order chi connectivity index (χ1) is 8.04. The van der Waals surface area contributed by atoms with Crippen molar-refractivity contribution in [3.63, 3.8) is 0 Å². The van der Waals surface area contributed by atoms with Crippen LogP contribution in [-0.4, -0.2) is 42.3 Å². The number of carbonyl (C=O) groups excluding carboxylic acids is 2. The zero-order chi connectivity index (χ0) is 14.6. The summed E-state index contributed by atoms with van der Waals surface area (Å²) >= 11 is 0. The summed E-state index contributed by atoms with van der Waals surface area (Å²) in [5.41, 5.74) is -2.14. The van der Waals surface area contributed by atoms with Crippen LogP contribution < -0.4 is 10.6 Å². The minimum absolute atomic E-state index is 0.272. The van der Waals surface area contributed by atoms with E-state index in [0.29, 0.717) is 0 Å². The Balaban J connectivity index is 4.54. The van der Waals surface area contributed by atoms with Crippen LogP contribution in [0.25, 0.3) is 0 Å². The van der Waals surface area contributed by atoms with E-state index in [-0.39, 0.29) is 6.54 Å². The van der Waals surface area contributed by atoms with Gasteiger partial charge in [0.2, 0.25) is 0 Å². The molecule has 0 atom stereocenters. The number of esters is 1. The number of hydrogen-bond acceptors (Lipinski definition) is 4. The molecule has 0 aromatic rings. The highest BCUT2D eigenvalue weighted by Crippen LogP contribution is 2.30. The number of ether oxygens (including phenoxy) is 1. The number of rotatable bonds is 5. The third-order valence-electron chi connectivity index (χ3n) is 3.14. The summed E-state index contributed by atoms with van der Waals surface area (Å²) in [6, 6.07) is -0.625. The van der Waals surface area contributed by atoms with Crippen molar-refractivity contribution in [2.45, 2.75) is 33.2 Å². The lowest BCUT2D eigenvalue weighted by atomic mass is 9.74. The molecule has 0 aliphatic carbocycles. The molecule has 0 rings (SSSR count). The van der Waals surface area contributed by atoms with Crippen molar-refractivity contribution in [1.82, 2.24) is 10.6 Å². The van der Waals surface area contributed by atoms with E-state index in [0.717, 1.165) is 0 Å². The summed E-state index contributed by atoms with van der Waals surface area (Å²) in [6.45, 7) is 5.94. The number of aliphatic carboxylic acids is 1. The van der Waals surface area contributed by atoms with E-state index in [2.05, 4.69) is 15.4 Å². The topological polar surface area (TPSA) is 105 Å². The molecule has 18 heavy (non-hydrogen) atoms. The summed E-state index contributed by atoms with van der Waals surface area (Å²) < 4.78 is 4.36. The number of urea groups is 1. The molecular weight excluding hydrogens is 240 g/mol. The number of carbonyl (C=O) groups is 3. The Morgan fingerprint density at radius 2 is 1.67 bits per heavy atom. The van der Waals surface area contributed by atoms with Crippen LogP contribution in [0.15, 0.2) is 0 Å². The predicted octanol–water partition coefficient (Wildman–Crippen LogP) is 0.348. The summed E-state index contributed by atoms with van der Waals surface area (Å²) in [5.74, 6) is -1.61. The fourth-order valence-corrected chi connectivity index (χ4v) is 0.976. The highest BCUT2D eigenvalue weighted by Gasteiger charge is 2.44. The molecule has 0 bridgehead atoms. The maximum absolute atomic E-state index is 11.5. The quantitative estimate of drug-likeness (QED) is 0.618. The summed E-state index contributed by atoms with van der Waals surface area (Å²) in [5, 5.41) is 13.9. The van der Waals surface area contributed by atoms with Crippen LogP contribution in [0.3, 0.4) is 0 Å². The molecule has 0 unspecified atom stereocenters. The molecule has 0 heterocycles. The van der Waals surface area contributed by atoms with Crippen LogP contribution in [0.5, 0.6) is 0 Å². The number of methoxy groups -OCH3 is 1. The van der Waals surface area contributed by atoms with Gasteiger partial charge in [-0.25, -0.2) is 4.79 Å². The second-order valence-electron chi connectivity index (χ2n) is 4.94. The molecule has 3 N–H and O–H groups in total. The molecule has 0 aromatic heterocycles. The van der Waals surface area contributed by atoms with Gasteiger partial charge in [0.25, 0.3) is 0 Å². The van der Waals surface area contributed by atoms with Gasteiger partial charge >= 0.3 is 18.0 Å². The monoisotopic (exact) mass is 260 g/mol. The van der Waals surface area contributed by atoms with E-state index in [1.165, 1.54) is 21.0 Å². The zero-order valence-corrected chi connectivity index (χ0v) is 11.3. The molecule has 0 saturated heterocycles. The lowest BCUT2D eigenvalue weighted by Crippen LogP contribution is -2.59. The highest BCUT2D eigenvalue weighted by molar-refractivity contribution is 5.82. The Hall–Kier alpha value is -1.79. The molecule has 104 valence electrons. The van der Waals surface area contributed by atoms with Gasteiger partial charge in [-0.1, -0.05) is 0 Å². The number of amides is 2. The molecule has 0 fully saturated rings. The first-order valence-electron chi connectivity index (χ1n) is 5.41. The third-order valence-corrected chi connectivity index (χ3v) is 3.14. The SMILES string of the molecule is COC(=O)CNC(=O)NC(C)(C)C(C)(C)C(=O)O. The van der Waals surface area contributed by atoms with E-state index in [1.54, 1.807) is 13.8 Å². The van der Waals surface area contributed by atoms with Gasteiger partial charge in [-0.2, -0.15) is 0 Å². The summed E-state index contributed by atoms with van der Waals surface area (Å²) in [7, 11) is 1.21. The molecule has 0 aromatic carbocycles. The molecule has 0 aliphatic rings. The fourth-order valence-electron chi connectivity index (χ4n) is 0.976. The third kappa shape index (κ3) is 3.90. The minimum atomic E-state index is -1.16. The Kier molecular flexibility index (Phi) is 5.13. The Morgan fingerprint density at radius 3 is 2.06 bits per heavy atom. The van der Waals surface area contributed by atoms with Gasteiger partial charge in [-0.3, -0.25) is 9.59 Å². The van der Waals surface area contributed by atoms with Crippen molar-refractivity contribution in [3.8, 4) is 0 Å². The second-order valence-corrected chi connectivity index (χ2v) is 4.94. The smallest absolute Gasteiger partial charge is 0.325 e. The van der Waals surface area contributed by atoms with Crippen molar-refractivity contribution in [3.05, 3.63) is 0 Å². The molecular formula is C11H20N2O5. The van der Waals surface area contributed by atoms with Crippen molar-refractivity contribution >= 4 is 18.0 Å². The molecule has 7 nitrogen and oxygen atoms in total. The van der Waals surface area contributed by atoms with Gasteiger partial charge in [0.1, 0.15) is 6.54 Å². The summed E-state index contributed by atoms with van der Waals surface area (Å²) in [4.78, 5) is 33.5. The largest absolute Gasteiger partial charge is 0.481 e. The zero-order valence-electron chi connectivity index (χ0n) is 11.3. The molecule has 0 spiro atoms. The lowest BCUT2D eigenvalue weighted by Gasteiger charge is -2.38. The highest BCUT2D eigenvalue weighted by atomic mass is 16.5. The van der Waals surface area contributed by atoms with E-state index in [4.69, 9.17) is 5.11 Å². The van der Waals surface area contributed by atoms with E-state index in [9.17, 15) is 14.4 Å². The van der Waals surface area contributed by atoms with Crippen molar-refractivity contribution in [2.24, 2.45) is 5.41 Å². The lowest BCUT2D eigenvalue weighted by molar-refractivity contribution is -0.150. The average Bonchev–Trinajstić information content (AvgIpc) is 2.24. The first-order valence-corrected chi connectivity index (χ1v) is 5.41. The average molecular weight is 260 g/mol. The normalized spacial score (nSPS) is 11.6. The summed E-state index contributed by atoms with van der Waals surface area (Å²) in [6.07, 6.45) is 0. The van der Waals surface area contributed by atoms with E-state index >= 15 is 0 Å². The van der Waals surface area contributed by atoms with Gasteiger partial charge < -0.3 is 20.5 Å².